The van der Waals surface area contributed by atoms with E-state index < -0.39 is 17.0 Å². The van der Waals surface area contributed by atoms with Crippen molar-refractivity contribution >= 4 is 33.0 Å². The van der Waals surface area contributed by atoms with Gasteiger partial charge in [0.25, 0.3) is 0 Å². The zero-order valence-electron chi connectivity index (χ0n) is 8.82. The molecule has 0 spiro atoms. The van der Waals surface area contributed by atoms with Crippen molar-refractivity contribution in [3.8, 4) is 0 Å². The second-order valence-corrected chi connectivity index (χ2v) is 5.00. The van der Waals surface area contributed by atoms with Gasteiger partial charge in [-0.05, 0) is 46.1 Å². The van der Waals surface area contributed by atoms with Crippen LogP contribution in [0, 0.1) is 6.92 Å². The van der Waals surface area contributed by atoms with E-state index in [2.05, 4.69) is 20.7 Å². The topological polar surface area (TPSA) is 63.6 Å². The molecule has 0 aliphatic carbocycles. The average molecular weight is 307 g/mol. The number of benzene rings is 1. The lowest BCUT2D eigenvalue weighted by Gasteiger charge is -2.08. The summed E-state index contributed by atoms with van der Waals surface area (Å²) >= 11 is 1.33. The van der Waals surface area contributed by atoms with Crippen molar-refractivity contribution in [1.29, 1.82) is 0 Å². The summed E-state index contributed by atoms with van der Waals surface area (Å²) in [6.07, 6.45) is 0. The Hall–Kier alpha value is -0.720. The van der Waals surface area contributed by atoms with Gasteiger partial charge in [-0.1, -0.05) is 0 Å². The Balaban J connectivity index is 3.21. The number of ether oxygens (including phenoxy) is 1. The molecule has 1 N–H and O–H groups in total. The predicted molar refractivity (Wildman–Crippen MR) is 64.7 cm³/mol. The Morgan fingerprint density at radius 2 is 2.19 bits per heavy atom. The molecule has 0 heterocycles. The molecule has 6 heteroatoms. The molecule has 1 atom stereocenters. The molecular formula is C10H11BrO4S. The second-order valence-electron chi connectivity index (χ2n) is 3.22. The standard InChI is InChI=1S/C10H11BrO4S/c1-6-3-9(11)8(10(12)15-2)4-7(6)5-16(13)14/h3-4H,5H2,1-2H3,(H,13,14). The zero-order valence-corrected chi connectivity index (χ0v) is 11.2. The first-order valence-corrected chi connectivity index (χ1v) is 6.47. The van der Waals surface area contributed by atoms with Crippen molar-refractivity contribution in [1.82, 2.24) is 0 Å². The van der Waals surface area contributed by atoms with Gasteiger partial charge in [-0.15, -0.1) is 0 Å². The first-order valence-electron chi connectivity index (χ1n) is 4.40. The van der Waals surface area contributed by atoms with Gasteiger partial charge in [-0.2, -0.15) is 0 Å². The summed E-state index contributed by atoms with van der Waals surface area (Å²) in [7, 11) is 1.29. The number of aryl methyl sites for hydroxylation is 1. The molecule has 0 fully saturated rings. The van der Waals surface area contributed by atoms with Gasteiger partial charge in [0.2, 0.25) is 0 Å². The monoisotopic (exact) mass is 306 g/mol. The number of hydrogen-bond donors (Lipinski definition) is 1. The molecule has 1 aromatic carbocycles. The Morgan fingerprint density at radius 3 is 2.69 bits per heavy atom. The minimum atomic E-state index is -1.92. The van der Waals surface area contributed by atoms with E-state index in [-0.39, 0.29) is 5.75 Å². The first kappa shape index (κ1) is 13.3. The summed E-state index contributed by atoms with van der Waals surface area (Å²) in [5.41, 5.74) is 1.86. The van der Waals surface area contributed by atoms with E-state index in [0.29, 0.717) is 15.6 Å². The molecule has 0 saturated carbocycles. The number of halogens is 1. The first-order chi connectivity index (χ1) is 7.45. The lowest BCUT2D eigenvalue weighted by atomic mass is 10.1. The second kappa shape index (κ2) is 5.56. The van der Waals surface area contributed by atoms with Crippen LogP contribution in [0.2, 0.25) is 0 Å². The van der Waals surface area contributed by atoms with Gasteiger partial charge in [0, 0.05) is 4.47 Å². The molecule has 0 saturated heterocycles. The fourth-order valence-corrected chi connectivity index (χ4v) is 2.47. The van der Waals surface area contributed by atoms with E-state index in [1.54, 1.807) is 12.1 Å². The van der Waals surface area contributed by atoms with E-state index in [4.69, 9.17) is 4.55 Å². The van der Waals surface area contributed by atoms with Gasteiger partial charge in [-0.25, -0.2) is 9.00 Å². The fourth-order valence-electron chi connectivity index (χ4n) is 1.27. The SMILES string of the molecule is COC(=O)c1cc(CS(=O)O)c(C)cc1Br. The molecule has 0 radical (unpaired) electrons. The average Bonchev–Trinajstić information content (AvgIpc) is 2.20. The number of esters is 1. The Kier molecular flexibility index (Phi) is 4.64. The van der Waals surface area contributed by atoms with Gasteiger partial charge in [-0.3, -0.25) is 0 Å². The third kappa shape index (κ3) is 3.13. The van der Waals surface area contributed by atoms with Gasteiger partial charge >= 0.3 is 5.97 Å². The quantitative estimate of drug-likeness (QED) is 0.687. The van der Waals surface area contributed by atoms with E-state index >= 15 is 0 Å². The summed E-state index contributed by atoms with van der Waals surface area (Å²) in [4.78, 5) is 11.4. The maximum atomic E-state index is 11.4. The van der Waals surface area contributed by atoms with Crippen LogP contribution < -0.4 is 0 Å². The lowest BCUT2D eigenvalue weighted by molar-refractivity contribution is 0.0599. The van der Waals surface area contributed by atoms with Gasteiger partial charge in [0.1, 0.15) is 0 Å². The number of rotatable bonds is 3. The Bertz CT molecular complexity index is 445. The molecule has 1 unspecified atom stereocenters. The van der Waals surface area contributed by atoms with Crippen molar-refractivity contribution in [3.63, 3.8) is 0 Å². The highest BCUT2D eigenvalue weighted by Crippen LogP contribution is 2.23. The van der Waals surface area contributed by atoms with Crippen LogP contribution in [0.1, 0.15) is 21.5 Å². The molecule has 0 aromatic heterocycles. The van der Waals surface area contributed by atoms with Crippen molar-refractivity contribution in [2.45, 2.75) is 12.7 Å². The number of carbonyl (C=O) groups excluding carboxylic acids is 1. The van der Waals surface area contributed by atoms with E-state index in [9.17, 15) is 9.00 Å². The summed E-state index contributed by atoms with van der Waals surface area (Å²) in [6, 6.07) is 3.30. The summed E-state index contributed by atoms with van der Waals surface area (Å²) in [5, 5.41) is 0. The lowest BCUT2D eigenvalue weighted by Crippen LogP contribution is -2.05. The van der Waals surface area contributed by atoms with Crippen LogP contribution in [0.5, 0.6) is 0 Å². The largest absolute Gasteiger partial charge is 0.465 e. The normalized spacial score (nSPS) is 12.2. The van der Waals surface area contributed by atoms with E-state index in [1.165, 1.54) is 7.11 Å². The predicted octanol–water partition coefficient (Wildman–Crippen LogP) is 2.27. The van der Waals surface area contributed by atoms with Crippen LogP contribution in [-0.4, -0.2) is 21.8 Å². The minimum Gasteiger partial charge on any atom is -0.465 e. The van der Waals surface area contributed by atoms with Crippen molar-refractivity contribution in [3.05, 3.63) is 33.3 Å². The molecule has 16 heavy (non-hydrogen) atoms. The maximum Gasteiger partial charge on any atom is 0.339 e. The number of carbonyl (C=O) groups is 1. The van der Waals surface area contributed by atoms with E-state index in [1.807, 2.05) is 6.92 Å². The number of methoxy groups -OCH3 is 1. The zero-order chi connectivity index (χ0) is 12.3. The molecule has 1 rings (SSSR count). The minimum absolute atomic E-state index is 0.00308. The van der Waals surface area contributed by atoms with Crippen LogP contribution >= 0.6 is 15.9 Å². The Morgan fingerprint density at radius 1 is 1.56 bits per heavy atom. The van der Waals surface area contributed by atoms with Crippen molar-refractivity contribution in [2.24, 2.45) is 0 Å². The summed E-state index contributed by atoms with van der Waals surface area (Å²) in [6.45, 7) is 1.81. The highest BCUT2D eigenvalue weighted by atomic mass is 79.9. The summed E-state index contributed by atoms with van der Waals surface area (Å²) in [5.74, 6) is -0.472. The van der Waals surface area contributed by atoms with Crippen molar-refractivity contribution < 1.29 is 18.3 Å². The van der Waals surface area contributed by atoms with E-state index in [0.717, 1.165) is 5.56 Å². The molecular weight excluding hydrogens is 296 g/mol. The van der Waals surface area contributed by atoms with Crippen LogP contribution in [0.4, 0.5) is 0 Å². The highest BCUT2D eigenvalue weighted by molar-refractivity contribution is 9.10. The van der Waals surface area contributed by atoms with Crippen LogP contribution in [0.15, 0.2) is 16.6 Å². The highest BCUT2D eigenvalue weighted by Gasteiger charge is 2.14. The molecule has 0 aliphatic rings. The molecule has 0 amide bonds. The molecule has 0 bridgehead atoms. The van der Waals surface area contributed by atoms with Crippen molar-refractivity contribution in [2.75, 3.05) is 7.11 Å². The van der Waals surface area contributed by atoms with Crippen LogP contribution in [0.3, 0.4) is 0 Å². The van der Waals surface area contributed by atoms with Gasteiger partial charge < -0.3 is 9.29 Å². The Labute approximate surface area is 104 Å². The third-order valence-corrected chi connectivity index (χ3v) is 3.32. The van der Waals surface area contributed by atoms with Crippen LogP contribution in [0.25, 0.3) is 0 Å². The molecule has 4 nitrogen and oxygen atoms in total. The number of hydrogen-bond acceptors (Lipinski definition) is 3. The van der Waals surface area contributed by atoms with Gasteiger partial charge in [0.05, 0.1) is 18.4 Å². The molecule has 1 aromatic rings. The maximum absolute atomic E-state index is 11.4. The van der Waals surface area contributed by atoms with Crippen LogP contribution in [-0.2, 0) is 21.6 Å². The summed E-state index contributed by atoms with van der Waals surface area (Å²) < 4.78 is 24.8. The molecule has 0 aliphatic heterocycles. The van der Waals surface area contributed by atoms with Gasteiger partial charge in [0.15, 0.2) is 11.1 Å². The fraction of sp³-hybridized carbons (Fsp3) is 0.300. The third-order valence-electron chi connectivity index (χ3n) is 2.11. The molecule has 88 valence electrons. The smallest absolute Gasteiger partial charge is 0.339 e.